The summed E-state index contributed by atoms with van der Waals surface area (Å²) >= 11 is 0. The van der Waals surface area contributed by atoms with Crippen LogP contribution in [0.4, 0.5) is 0 Å². The van der Waals surface area contributed by atoms with Gasteiger partial charge in [0, 0.05) is 12.6 Å². The summed E-state index contributed by atoms with van der Waals surface area (Å²) in [6.07, 6.45) is 9.51. The van der Waals surface area contributed by atoms with Crippen LogP contribution in [0.1, 0.15) is 51.9 Å². The van der Waals surface area contributed by atoms with Gasteiger partial charge in [-0.25, -0.2) is 0 Å². The van der Waals surface area contributed by atoms with Crippen LogP contribution in [0.5, 0.6) is 0 Å². The average molecular weight is 225 g/mol. The van der Waals surface area contributed by atoms with Crippen molar-refractivity contribution in [3.05, 3.63) is 0 Å². The molecule has 0 aromatic heterocycles. The average Bonchev–Trinajstić information content (AvgIpc) is 2.33. The zero-order valence-corrected chi connectivity index (χ0v) is 10.7. The Bertz CT molecular complexity index is 199. The van der Waals surface area contributed by atoms with Crippen LogP contribution in [0.15, 0.2) is 0 Å². The molecular formula is C14H27NO. The Morgan fingerprint density at radius 2 is 1.81 bits per heavy atom. The molecular weight excluding hydrogens is 198 g/mol. The highest BCUT2D eigenvalue weighted by molar-refractivity contribution is 4.80. The lowest BCUT2D eigenvalue weighted by Gasteiger charge is -2.38. The zero-order chi connectivity index (χ0) is 11.4. The van der Waals surface area contributed by atoms with Crippen molar-refractivity contribution in [2.45, 2.75) is 57.9 Å². The van der Waals surface area contributed by atoms with Crippen LogP contribution < -0.4 is 0 Å². The Labute approximate surface area is 100 Å². The third-order valence-corrected chi connectivity index (χ3v) is 4.59. The number of hydrogen-bond donors (Lipinski definition) is 1. The maximum atomic E-state index is 9.39. The fourth-order valence-electron chi connectivity index (χ4n) is 3.35. The highest BCUT2D eigenvalue weighted by Gasteiger charge is 2.26. The molecule has 1 unspecified atom stereocenters. The lowest BCUT2D eigenvalue weighted by atomic mass is 9.82. The minimum Gasteiger partial charge on any atom is -0.395 e. The van der Waals surface area contributed by atoms with E-state index in [1.807, 2.05) is 0 Å². The molecule has 0 amide bonds. The molecule has 1 heterocycles. The van der Waals surface area contributed by atoms with Crippen LogP contribution in [-0.4, -0.2) is 35.7 Å². The third-order valence-electron chi connectivity index (χ3n) is 4.59. The highest BCUT2D eigenvalue weighted by Crippen LogP contribution is 2.30. The first-order valence-electron chi connectivity index (χ1n) is 7.14. The molecule has 1 atom stereocenters. The van der Waals surface area contributed by atoms with E-state index in [0.29, 0.717) is 12.6 Å². The quantitative estimate of drug-likeness (QED) is 0.798. The molecule has 94 valence electrons. The van der Waals surface area contributed by atoms with Gasteiger partial charge in [0.2, 0.25) is 0 Å². The van der Waals surface area contributed by atoms with Crippen LogP contribution >= 0.6 is 0 Å². The largest absolute Gasteiger partial charge is 0.395 e. The van der Waals surface area contributed by atoms with Gasteiger partial charge in [0.05, 0.1) is 6.61 Å². The highest BCUT2D eigenvalue weighted by atomic mass is 16.3. The first-order chi connectivity index (χ1) is 7.79. The third kappa shape index (κ3) is 3.21. The molecule has 1 aliphatic carbocycles. The van der Waals surface area contributed by atoms with Gasteiger partial charge in [0.25, 0.3) is 0 Å². The van der Waals surface area contributed by atoms with Crippen LogP contribution in [0.2, 0.25) is 0 Å². The van der Waals surface area contributed by atoms with Crippen molar-refractivity contribution >= 4 is 0 Å². The van der Waals surface area contributed by atoms with E-state index in [1.54, 1.807) is 0 Å². The zero-order valence-electron chi connectivity index (χ0n) is 10.7. The van der Waals surface area contributed by atoms with Gasteiger partial charge < -0.3 is 5.11 Å². The fraction of sp³-hybridized carbons (Fsp3) is 1.00. The van der Waals surface area contributed by atoms with Crippen LogP contribution in [0.25, 0.3) is 0 Å². The van der Waals surface area contributed by atoms with Gasteiger partial charge in [-0.3, -0.25) is 4.90 Å². The van der Waals surface area contributed by atoms with Gasteiger partial charge in [-0.2, -0.15) is 0 Å². The van der Waals surface area contributed by atoms with Crippen LogP contribution in [0, 0.1) is 11.8 Å². The fourth-order valence-corrected chi connectivity index (χ4v) is 3.35. The van der Waals surface area contributed by atoms with E-state index in [1.165, 1.54) is 58.0 Å². The molecule has 2 nitrogen and oxygen atoms in total. The second-order valence-corrected chi connectivity index (χ2v) is 5.95. The van der Waals surface area contributed by atoms with Gasteiger partial charge in [0.15, 0.2) is 0 Å². The van der Waals surface area contributed by atoms with Crippen molar-refractivity contribution in [3.63, 3.8) is 0 Å². The minimum atomic E-state index is 0.364. The number of nitrogens with zero attached hydrogens (tertiary/aromatic N) is 1. The molecule has 0 spiro atoms. The molecule has 1 saturated carbocycles. The first kappa shape index (κ1) is 12.4. The normalized spacial score (nSPS) is 37.5. The molecule has 2 rings (SSSR count). The maximum absolute atomic E-state index is 9.39. The summed E-state index contributed by atoms with van der Waals surface area (Å²) in [5.74, 6) is 1.86. The van der Waals surface area contributed by atoms with Crippen molar-refractivity contribution in [2.75, 3.05) is 19.7 Å². The van der Waals surface area contributed by atoms with E-state index < -0.39 is 0 Å². The lowest BCUT2D eigenvalue weighted by molar-refractivity contribution is 0.0668. The molecule has 2 heteroatoms. The van der Waals surface area contributed by atoms with Gasteiger partial charge in [-0.1, -0.05) is 26.2 Å². The van der Waals surface area contributed by atoms with E-state index in [4.69, 9.17) is 0 Å². The van der Waals surface area contributed by atoms with Crippen LogP contribution in [-0.2, 0) is 0 Å². The monoisotopic (exact) mass is 225 g/mol. The van der Waals surface area contributed by atoms with Crippen molar-refractivity contribution in [1.82, 2.24) is 4.90 Å². The van der Waals surface area contributed by atoms with E-state index in [0.717, 1.165) is 11.8 Å². The Morgan fingerprint density at radius 3 is 2.50 bits per heavy atom. The summed E-state index contributed by atoms with van der Waals surface area (Å²) in [6, 6.07) is 0.466. The summed E-state index contributed by atoms with van der Waals surface area (Å²) in [4.78, 5) is 2.56. The van der Waals surface area contributed by atoms with Crippen molar-refractivity contribution in [2.24, 2.45) is 11.8 Å². The number of hydrogen-bond acceptors (Lipinski definition) is 2. The Morgan fingerprint density at radius 1 is 1.06 bits per heavy atom. The molecule has 0 aromatic carbocycles. The first-order valence-corrected chi connectivity index (χ1v) is 7.14. The number of piperidine rings is 1. The molecule has 0 radical (unpaired) electrons. The van der Waals surface area contributed by atoms with E-state index in [9.17, 15) is 5.11 Å². The van der Waals surface area contributed by atoms with Gasteiger partial charge in [0.1, 0.15) is 0 Å². The standard InChI is InChI=1S/C14H27NO/c1-12-5-7-13(8-6-12)10-15-9-3-2-4-14(15)11-16/h12-14,16H,2-11H2,1H3. The molecule has 1 aliphatic heterocycles. The second-order valence-electron chi connectivity index (χ2n) is 5.95. The summed E-state index contributed by atoms with van der Waals surface area (Å²) < 4.78 is 0. The Kier molecular flexibility index (Phi) is 4.66. The van der Waals surface area contributed by atoms with Crippen LogP contribution in [0.3, 0.4) is 0 Å². The molecule has 2 aliphatic rings. The predicted octanol–water partition coefficient (Wildman–Crippen LogP) is 2.66. The SMILES string of the molecule is CC1CCC(CN2CCCCC2CO)CC1. The van der Waals surface area contributed by atoms with E-state index in [-0.39, 0.29) is 0 Å². The van der Waals surface area contributed by atoms with Gasteiger partial charge in [-0.15, -0.1) is 0 Å². The number of likely N-dealkylation sites (tertiary alicyclic amines) is 1. The predicted molar refractivity (Wildman–Crippen MR) is 67.4 cm³/mol. The summed E-state index contributed by atoms with van der Waals surface area (Å²) in [5, 5.41) is 9.39. The summed E-state index contributed by atoms with van der Waals surface area (Å²) in [5.41, 5.74) is 0. The smallest absolute Gasteiger partial charge is 0.0586 e. The Hall–Kier alpha value is -0.0800. The second kappa shape index (κ2) is 6.02. The van der Waals surface area contributed by atoms with Gasteiger partial charge in [-0.05, 0) is 44.1 Å². The van der Waals surface area contributed by atoms with E-state index >= 15 is 0 Å². The number of aliphatic hydroxyl groups is 1. The summed E-state index contributed by atoms with van der Waals surface area (Å²) in [7, 11) is 0. The van der Waals surface area contributed by atoms with Crippen molar-refractivity contribution in [1.29, 1.82) is 0 Å². The summed E-state index contributed by atoms with van der Waals surface area (Å²) in [6.45, 7) is 5.21. The molecule has 16 heavy (non-hydrogen) atoms. The van der Waals surface area contributed by atoms with E-state index in [2.05, 4.69) is 11.8 Å². The van der Waals surface area contributed by atoms with Gasteiger partial charge >= 0.3 is 0 Å². The number of rotatable bonds is 3. The molecule has 0 bridgehead atoms. The number of aliphatic hydroxyl groups excluding tert-OH is 1. The molecule has 2 fully saturated rings. The molecule has 1 saturated heterocycles. The minimum absolute atomic E-state index is 0.364. The lowest BCUT2D eigenvalue weighted by Crippen LogP contribution is -2.44. The topological polar surface area (TPSA) is 23.5 Å². The molecule has 1 N–H and O–H groups in total. The Balaban J connectivity index is 1.78. The van der Waals surface area contributed by atoms with Crippen molar-refractivity contribution in [3.8, 4) is 0 Å². The molecule has 0 aromatic rings. The maximum Gasteiger partial charge on any atom is 0.0586 e. The van der Waals surface area contributed by atoms with Crippen molar-refractivity contribution < 1.29 is 5.11 Å².